The van der Waals surface area contributed by atoms with Crippen molar-refractivity contribution < 1.29 is 27.5 Å². The Bertz CT molecular complexity index is 1160. The van der Waals surface area contributed by atoms with E-state index in [1.807, 2.05) is 26.2 Å². The van der Waals surface area contributed by atoms with Gasteiger partial charge in [0.15, 0.2) is 5.13 Å². The third-order valence-corrected chi connectivity index (χ3v) is 6.82. The van der Waals surface area contributed by atoms with Gasteiger partial charge in [0, 0.05) is 36.8 Å². The van der Waals surface area contributed by atoms with Crippen LogP contribution in [0.25, 0.3) is 0 Å². The first-order valence-electron chi connectivity index (χ1n) is 10.7. The number of likely N-dealkylation sites (tertiary alicyclic amines) is 1. The van der Waals surface area contributed by atoms with Gasteiger partial charge in [-0.05, 0) is 39.7 Å². The molecule has 11 nitrogen and oxygen atoms in total. The van der Waals surface area contributed by atoms with Gasteiger partial charge < -0.3 is 20.3 Å². The number of nitrogens with zero attached hydrogens (tertiary/aromatic N) is 3. The van der Waals surface area contributed by atoms with E-state index < -0.39 is 27.4 Å². The first kappa shape index (κ1) is 25.7. The van der Waals surface area contributed by atoms with Crippen molar-refractivity contribution in [2.75, 3.05) is 31.2 Å². The number of anilines is 1. The second kappa shape index (κ2) is 10.1. The number of carbonyl (C=O) groups excluding carboxylic acids is 3. The maximum absolute atomic E-state index is 12.2. The molecule has 3 rings (SSSR count). The molecule has 1 fully saturated rings. The largest absolute Gasteiger partial charge is 0.444 e. The predicted octanol–water partition coefficient (Wildman–Crippen LogP) is 2.24. The molecular formula is C21H29N5O6S2. The molecular weight excluding hydrogens is 482 g/mol. The summed E-state index contributed by atoms with van der Waals surface area (Å²) in [5.74, 6) is -0.829. The van der Waals surface area contributed by atoms with Crippen LogP contribution in [0.4, 0.5) is 9.93 Å². The molecule has 2 N–H and O–H groups in total. The summed E-state index contributed by atoms with van der Waals surface area (Å²) in [6, 6.07) is 1.36. The fourth-order valence-electron chi connectivity index (χ4n) is 3.36. The van der Waals surface area contributed by atoms with Crippen LogP contribution in [-0.2, 0) is 19.6 Å². The maximum atomic E-state index is 12.2. The molecule has 0 bridgehead atoms. The zero-order chi connectivity index (χ0) is 25.1. The van der Waals surface area contributed by atoms with Gasteiger partial charge in [-0.2, -0.15) is 0 Å². The van der Waals surface area contributed by atoms with Gasteiger partial charge in [0.2, 0.25) is 15.9 Å². The minimum absolute atomic E-state index is 0.132. The van der Waals surface area contributed by atoms with Crippen molar-refractivity contribution in [3.05, 3.63) is 35.1 Å². The van der Waals surface area contributed by atoms with Crippen LogP contribution in [0.1, 0.15) is 55.6 Å². The molecule has 0 aromatic carbocycles. The zero-order valence-corrected chi connectivity index (χ0v) is 21.2. The minimum atomic E-state index is -3.48. The third kappa shape index (κ3) is 7.03. The monoisotopic (exact) mass is 511 g/mol. The van der Waals surface area contributed by atoms with Gasteiger partial charge in [0.25, 0.3) is 5.91 Å². The zero-order valence-electron chi connectivity index (χ0n) is 19.5. The Hall–Kier alpha value is -2.93. The molecule has 0 aliphatic carbocycles. The summed E-state index contributed by atoms with van der Waals surface area (Å²) >= 11 is 1.29. The lowest BCUT2D eigenvalue weighted by Crippen LogP contribution is -2.41. The SMILES string of the molecule is CC(C)(C)OC(=O)N1CCC(c2csc(NC(=O)CNC(=O)c3ccn(S(C)(=O)=O)c3)n2)CC1. The number of rotatable bonds is 6. The Morgan fingerprint density at radius 3 is 2.50 bits per heavy atom. The van der Waals surface area contributed by atoms with Gasteiger partial charge in [-0.3, -0.25) is 13.6 Å². The molecule has 0 unspecified atom stereocenters. The summed E-state index contributed by atoms with van der Waals surface area (Å²) in [5, 5.41) is 7.42. The average Bonchev–Trinajstić information content (AvgIpc) is 3.41. The highest BCUT2D eigenvalue weighted by Gasteiger charge is 2.28. The molecule has 0 saturated carbocycles. The van der Waals surface area contributed by atoms with Crippen LogP contribution in [0.3, 0.4) is 0 Å². The Labute approximate surface area is 202 Å². The van der Waals surface area contributed by atoms with Crippen molar-refractivity contribution in [1.82, 2.24) is 19.2 Å². The van der Waals surface area contributed by atoms with E-state index in [4.69, 9.17) is 4.74 Å². The molecule has 0 atom stereocenters. The van der Waals surface area contributed by atoms with Crippen molar-refractivity contribution in [3.8, 4) is 0 Å². The van der Waals surface area contributed by atoms with Gasteiger partial charge in [-0.1, -0.05) is 0 Å². The number of thiazole rings is 1. The van der Waals surface area contributed by atoms with Crippen molar-refractivity contribution in [2.45, 2.75) is 45.1 Å². The molecule has 186 valence electrons. The molecule has 0 radical (unpaired) electrons. The lowest BCUT2D eigenvalue weighted by molar-refractivity contribution is -0.115. The molecule has 1 saturated heterocycles. The molecule has 0 spiro atoms. The molecule has 34 heavy (non-hydrogen) atoms. The van der Waals surface area contributed by atoms with Crippen molar-refractivity contribution >= 4 is 44.4 Å². The van der Waals surface area contributed by atoms with Crippen LogP contribution in [0.15, 0.2) is 23.8 Å². The van der Waals surface area contributed by atoms with E-state index >= 15 is 0 Å². The van der Waals surface area contributed by atoms with Gasteiger partial charge in [0.05, 0.1) is 24.1 Å². The van der Waals surface area contributed by atoms with E-state index in [9.17, 15) is 22.8 Å². The van der Waals surface area contributed by atoms with Crippen LogP contribution >= 0.6 is 11.3 Å². The Kier molecular flexibility index (Phi) is 7.66. The summed E-state index contributed by atoms with van der Waals surface area (Å²) in [6.45, 7) is 6.38. The molecule has 2 aromatic rings. The van der Waals surface area contributed by atoms with E-state index in [0.29, 0.717) is 18.2 Å². The fourth-order valence-corrected chi connectivity index (χ4v) is 4.75. The lowest BCUT2D eigenvalue weighted by atomic mass is 9.94. The number of carbonyl (C=O) groups is 3. The van der Waals surface area contributed by atoms with E-state index in [1.54, 1.807) is 4.90 Å². The van der Waals surface area contributed by atoms with Crippen LogP contribution in [0.2, 0.25) is 0 Å². The number of ether oxygens (including phenoxy) is 1. The predicted molar refractivity (Wildman–Crippen MR) is 128 cm³/mol. The molecule has 1 aliphatic rings. The van der Waals surface area contributed by atoms with Crippen LogP contribution < -0.4 is 10.6 Å². The second-order valence-corrected chi connectivity index (χ2v) is 11.8. The van der Waals surface area contributed by atoms with Crippen LogP contribution in [0, 0.1) is 0 Å². The number of nitrogens with one attached hydrogen (secondary N) is 2. The highest BCUT2D eigenvalue weighted by Crippen LogP contribution is 2.31. The average molecular weight is 512 g/mol. The van der Waals surface area contributed by atoms with Gasteiger partial charge in [-0.15, -0.1) is 11.3 Å². The topological polar surface area (TPSA) is 140 Å². The summed E-state index contributed by atoms with van der Waals surface area (Å²) < 4.78 is 29.3. The van der Waals surface area contributed by atoms with E-state index in [1.165, 1.54) is 29.8 Å². The maximum Gasteiger partial charge on any atom is 0.410 e. The van der Waals surface area contributed by atoms with Gasteiger partial charge in [-0.25, -0.2) is 18.2 Å². The fraction of sp³-hybridized carbons (Fsp3) is 0.524. The normalized spacial score (nSPS) is 15.1. The third-order valence-electron chi connectivity index (χ3n) is 5.06. The number of hydrogen-bond donors (Lipinski definition) is 2. The lowest BCUT2D eigenvalue weighted by Gasteiger charge is -2.32. The molecule has 3 heterocycles. The van der Waals surface area contributed by atoms with Crippen LogP contribution in [0.5, 0.6) is 0 Å². The molecule has 2 aromatic heterocycles. The molecule has 3 amide bonds. The van der Waals surface area contributed by atoms with Crippen molar-refractivity contribution in [2.24, 2.45) is 0 Å². The first-order chi connectivity index (χ1) is 15.8. The first-order valence-corrected chi connectivity index (χ1v) is 13.4. The molecule has 1 aliphatic heterocycles. The van der Waals surface area contributed by atoms with E-state index in [-0.39, 0.29) is 24.1 Å². The number of hydrogen-bond acceptors (Lipinski definition) is 8. The quantitative estimate of drug-likeness (QED) is 0.606. The number of aromatic nitrogens is 2. The summed E-state index contributed by atoms with van der Waals surface area (Å²) in [7, 11) is -3.48. The Balaban J connectivity index is 1.46. The summed E-state index contributed by atoms with van der Waals surface area (Å²) in [5.41, 5.74) is 0.458. The van der Waals surface area contributed by atoms with Crippen molar-refractivity contribution in [3.63, 3.8) is 0 Å². The smallest absolute Gasteiger partial charge is 0.410 e. The summed E-state index contributed by atoms with van der Waals surface area (Å²) in [6.07, 6.45) is 4.66. The van der Waals surface area contributed by atoms with Gasteiger partial charge in [0.1, 0.15) is 5.60 Å². The Morgan fingerprint density at radius 2 is 1.91 bits per heavy atom. The van der Waals surface area contributed by atoms with Crippen LogP contribution in [-0.4, -0.2) is 71.7 Å². The highest BCUT2D eigenvalue weighted by atomic mass is 32.2. The van der Waals surface area contributed by atoms with E-state index in [2.05, 4.69) is 15.6 Å². The standard InChI is InChI=1S/C21H29N5O6S2/c1-21(2,3)32-20(29)25-8-5-14(6-9-25)16-13-33-19(23-16)24-17(27)11-22-18(28)15-7-10-26(12-15)34(4,30)31/h7,10,12-14H,5-6,8-9,11H2,1-4H3,(H,22,28)(H,23,24,27). The second-order valence-electron chi connectivity index (χ2n) is 9.04. The number of amides is 3. The van der Waals surface area contributed by atoms with Gasteiger partial charge >= 0.3 is 6.09 Å². The minimum Gasteiger partial charge on any atom is -0.444 e. The van der Waals surface area contributed by atoms with Crippen molar-refractivity contribution in [1.29, 1.82) is 0 Å². The highest BCUT2D eigenvalue weighted by molar-refractivity contribution is 7.89. The summed E-state index contributed by atoms with van der Waals surface area (Å²) in [4.78, 5) is 42.8. The molecule has 13 heteroatoms. The van der Waals surface area contributed by atoms with E-state index in [0.717, 1.165) is 28.8 Å². The number of piperidine rings is 1. The Morgan fingerprint density at radius 1 is 1.24 bits per heavy atom.